The minimum atomic E-state index is 0.109. The van der Waals surface area contributed by atoms with Gasteiger partial charge in [0.15, 0.2) is 0 Å². The predicted molar refractivity (Wildman–Crippen MR) is 109 cm³/mol. The van der Waals surface area contributed by atoms with Crippen molar-refractivity contribution < 1.29 is 9.21 Å². The average Bonchev–Trinajstić information content (AvgIpc) is 3.07. The molecule has 0 spiro atoms. The van der Waals surface area contributed by atoms with E-state index in [0.717, 1.165) is 18.7 Å². The summed E-state index contributed by atoms with van der Waals surface area (Å²) in [6.45, 7) is 12.7. The van der Waals surface area contributed by atoms with Crippen LogP contribution in [0.5, 0.6) is 0 Å². The van der Waals surface area contributed by atoms with Crippen LogP contribution in [0.3, 0.4) is 0 Å². The van der Waals surface area contributed by atoms with E-state index < -0.39 is 0 Å². The lowest BCUT2D eigenvalue weighted by molar-refractivity contribution is -0.130. The number of aromatic nitrogens is 2. The number of amides is 1. The highest BCUT2D eigenvalue weighted by atomic mass is 32.2. The van der Waals surface area contributed by atoms with Gasteiger partial charge in [0.05, 0.1) is 5.75 Å². The van der Waals surface area contributed by atoms with Crippen LogP contribution in [0.2, 0.25) is 0 Å². The zero-order chi connectivity index (χ0) is 19.6. The minimum Gasteiger partial charge on any atom is -0.411 e. The Morgan fingerprint density at radius 3 is 2.37 bits per heavy atom. The first-order valence-electron chi connectivity index (χ1n) is 9.57. The zero-order valence-electron chi connectivity index (χ0n) is 16.9. The minimum absolute atomic E-state index is 0.109. The van der Waals surface area contributed by atoms with Crippen LogP contribution in [0.25, 0.3) is 11.5 Å². The third-order valence-electron chi connectivity index (χ3n) is 4.95. The summed E-state index contributed by atoms with van der Waals surface area (Å²) in [7, 11) is 0. The summed E-state index contributed by atoms with van der Waals surface area (Å²) in [5, 5.41) is 8.66. The number of rotatable bonds is 4. The second kappa shape index (κ2) is 8.05. The lowest BCUT2D eigenvalue weighted by atomic mass is 9.87. The molecule has 146 valence electrons. The summed E-state index contributed by atoms with van der Waals surface area (Å²) >= 11 is 1.32. The van der Waals surface area contributed by atoms with Gasteiger partial charge in [-0.05, 0) is 41.4 Å². The molecule has 1 saturated heterocycles. The molecule has 1 aromatic heterocycles. The van der Waals surface area contributed by atoms with E-state index in [1.165, 1.54) is 23.7 Å². The van der Waals surface area contributed by atoms with E-state index in [9.17, 15) is 4.79 Å². The van der Waals surface area contributed by atoms with Gasteiger partial charge in [-0.15, -0.1) is 10.2 Å². The molecular weight excluding hydrogens is 358 g/mol. The smallest absolute Gasteiger partial charge is 0.277 e. The summed E-state index contributed by atoms with van der Waals surface area (Å²) in [5.74, 6) is 2.10. The van der Waals surface area contributed by atoms with Crippen molar-refractivity contribution in [2.75, 3.05) is 18.8 Å². The Kier molecular flexibility index (Phi) is 5.94. The van der Waals surface area contributed by atoms with Gasteiger partial charge in [0.2, 0.25) is 11.8 Å². The van der Waals surface area contributed by atoms with E-state index in [-0.39, 0.29) is 11.3 Å². The first kappa shape index (κ1) is 19.9. The van der Waals surface area contributed by atoms with Gasteiger partial charge >= 0.3 is 0 Å². The topological polar surface area (TPSA) is 59.2 Å². The third kappa shape index (κ3) is 5.12. The normalized spacial score (nSPS) is 20.7. The molecule has 27 heavy (non-hydrogen) atoms. The van der Waals surface area contributed by atoms with Gasteiger partial charge in [-0.2, -0.15) is 0 Å². The summed E-state index contributed by atoms with van der Waals surface area (Å²) in [6, 6.07) is 8.19. The van der Waals surface area contributed by atoms with Crippen LogP contribution in [-0.2, 0) is 10.2 Å². The second-order valence-electron chi connectivity index (χ2n) is 8.73. The van der Waals surface area contributed by atoms with Crippen molar-refractivity contribution >= 4 is 17.7 Å². The number of likely N-dealkylation sites (tertiary alicyclic amines) is 1. The van der Waals surface area contributed by atoms with Gasteiger partial charge in [-0.25, -0.2) is 0 Å². The molecule has 5 nitrogen and oxygen atoms in total. The molecular formula is C21H29N3O2S. The molecule has 0 saturated carbocycles. The fraction of sp³-hybridized carbons (Fsp3) is 0.571. The molecule has 0 unspecified atom stereocenters. The molecule has 0 N–H and O–H groups in total. The van der Waals surface area contributed by atoms with Crippen LogP contribution in [0.4, 0.5) is 0 Å². The third-order valence-corrected chi connectivity index (χ3v) is 5.75. The Hall–Kier alpha value is -1.82. The Balaban J connectivity index is 1.59. The van der Waals surface area contributed by atoms with Crippen molar-refractivity contribution in [3.05, 3.63) is 29.8 Å². The summed E-state index contributed by atoms with van der Waals surface area (Å²) in [6.07, 6.45) is 1.19. The molecule has 1 aliphatic heterocycles. The van der Waals surface area contributed by atoms with Crippen molar-refractivity contribution in [3.63, 3.8) is 0 Å². The maximum atomic E-state index is 12.5. The van der Waals surface area contributed by atoms with Gasteiger partial charge < -0.3 is 9.32 Å². The SMILES string of the molecule is C[C@@H]1C[C@H](C)CN(C(=O)CSc2nnc(-c3ccc(C(C)(C)C)cc3)o2)C1. The molecule has 1 aromatic carbocycles. The second-order valence-corrected chi connectivity index (χ2v) is 9.66. The molecule has 2 atom stereocenters. The van der Waals surface area contributed by atoms with Crippen molar-refractivity contribution in [1.29, 1.82) is 0 Å². The molecule has 0 aliphatic carbocycles. The lowest BCUT2D eigenvalue weighted by Crippen LogP contribution is -2.43. The summed E-state index contributed by atoms with van der Waals surface area (Å²) in [4.78, 5) is 14.5. The highest BCUT2D eigenvalue weighted by Crippen LogP contribution is 2.28. The van der Waals surface area contributed by atoms with Crippen LogP contribution < -0.4 is 0 Å². The molecule has 0 radical (unpaired) electrons. The van der Waals surface area contributed by atoms with Crippen LogP contribution >= 0.6 is 11.8 Å². The van der Waals surface area contributed by atoms with Crippen molar-refractivity contribution in [1.82, 2.24) is 15.1 Å². The summed E-state index contributed by atoms with van der Waals surface area (Å²) < 4.78 is 5.75. The van der Waals surface area contributed by atoms with E-state index >= 15 is 0 Å². The number of hydrogen-bond acceptors (Lipinski definition) is 5. The standard InChI is InChI=1S/C21H29N3O2S/c1-14-10-15(2)12-24(11-14)18(25)13-27-20-23-22-19(26-20)16-6-8-17(9-7-16)21(3,4)5/h6-9,14-15H,10-13H2,1-5H3/t14-,15+. The van der Waals surface area contributed by atoms with Gasteiger partial charge in [-0.1, -0.05) is 58.5 Å². The highest BCUT2D eigenvalue weighted by Gasteiger charge is 2.25. The van der Waals surface area contributed by atoms with E-state index in [2.05, 4.69) is 56.9 Å². The van der Waals surface area contributed by atoms with Crippen LogP contribution in [0.1, 0.15) is 46.6 Å². The van der Waals surface area contributed by atoms with Crippen molar-refractivity contribution in [3.8, 4) is 11.5 Å². The maximum Gasteiger partial charge on any atom is 0.277 e. The number of carbonyl (C=O) groups is 1. The molecule has 1 aliphatic rings. The van der Waals surface area contributed by atoms with E-state index in [1.54, 1.807) is 0 Å². The van der Waals surface area contributed by atoms with Crippen molar-refractivity contribution in [2.24, 2.45) is 11.8 Å². The molecule has 3 rings (SSSR count). The number of nitrogens with zero attached hydrogens (tertiary/aromatic N) is 3. The van der Waals surface area contributed by atoms with E-state index in [4.69, 9.17) is 4.42 Å². The van der Waals surface area contributed by atoms with Gasteiger partial charge in [0.1, 0.15) is 0 Å². The first-order valence-corrected chi connectivity index (χ1v) is 10.6. The molecule has 2 aromatic rings. The molecule has 1 fully saturated rings. The van der Waals surface area contributed by atoms with Crippen LogP contribution in [-0.4, -0.2) is 39.8 Å². The number of carbonyl (C=O) groups excluding carboxylic acids is 1. The van der Waals surface area contributed by atoms with E-state index in [1.807, 2.05) is 17.0 Å². The lowest BCUT2D eigenvalue weighted by Gasteiger charge is -2.34. The van der Waals surface area contributed by atoms with Gasteiger partial charge in [0.25, 0.3) is 5.22 Å². The first-order chi connectivity index (χ1) is 12.7. The monoisotopic (exact) mass is 387 g/mol. The maximum absolute atomic E-state index is 12.5. The Labute approximate surface area is 165 Å². The van der Waals surface area contributed by atoms with Crippen LogP contribution in [0, 0.1) is 11.8 Å². The fourth-order valence-electron chi connectivity index (χ4n) is 3.58. The average molecular weight is 388 g/mol. The molecule has 2 heterocycles. The quantitative estimate of drug-likeness (QED) is 0.716. The predicted octanol–water partition coefficient (Wildman–Crippen LogP) is 4.63. The van der Waals surface area contributed by atoms with Gasteiger partial charge in [0, 0.05) is 18.7 Å². The number of piperidine rings is 1. The van der Waals surface area contributed by atoms with Gasteiger partial charge in [-0.3, -0.25) is 4.79 Å². The Morgan fingerprint density at radius 2 is 1.78 bits per heavy atom. The number of benzene rings is 1. The molecule has 1 amide bonds. The molecule has 0 bridgehead atoms. The zero-order valence-corrected chi connectivity index (χ0v) is 17.7. The largest absolute Gasteiger partial charge is 0.411 e. The van der Waals surface area contributed by atoms with E-state index in [0.29, 0.717) is 28.7 Å². The van der Waals surface area contributed by atoms with Crippen LogP contribution in [0.15, 0.2) is 33.9 Å². The Morgan fingerprint density at radius 1 is 1.15 bits per heavy atom. The highest BCUT2D eigenvalue weighted by molar-refractivity contribution is 7.99. The summed E-state index contributed by atoms with van der Waals surface area (Å²) in [5.41, 5.74) is 2.27. The number of hydrogen-bond donors (Lipinski definition) is 0. The Bertz CT molecular complexity index is 769. The fourth-order valence-corrected chi connectivity index (χ4v) is 4.24. The number of thioether (sulfide) groups is 1. The van der Waals surface area contributed by atoms with Crippen molar-refractivity contribution in [2.45, 2.75) is 51.7 Å². The molecule has 6 heteroatoms.